The number of hydrogen-bond donors (Lipinski definition) is 1. The Hall–Kier alpha value is -2.13. The van der Waals surface area contributed by atoms with E-state index in [2.05, 4.69) is 24.1 Å². The molecule has 1 N–H and O–H groups in total. The third-order valence-electron chi connectivity index (χ3n) is 3.96. The third kappa shape index (κ3) is 3.70. The number of nitrogens with zero attached hydrogens (tertiary/aromatic N) is 3. The lowest BCUT2D eigenvalue weighted by Crippen LogP contribution is -2.29. The van der Waals surface area contributed by atoms with E-state index in [0.29, 0.717) is 12.0 Å². The van der Waals surface area contributed by atoms with Crippen LogP contribution in [0.2, 0.25) is 0 Å². The van der Waals surface area contributed by atoms with Crippen LogP contribution in [0.3, 0.4) is 0 Å². The van der Waals surface area contributed by atoms with Gasteiger partial charge in [0.25, 0.3) is 5.69 Å². The molecular weight excluding hydrogens is 268 g/mol. The van der Waals surface area contributed by atoms with Gasteiger partial charge in [0.05, 0.1) is 4.92 Å². The van der Waals surface area contributed by atoms with Crippen molar-refractivity contribution in [2.75, 3.05) is 25.0 Å². The molecule has 1 saturated heterocycles. The molecule has 1 fully saturated rings. The lowest BCUT2D eigenvalue weighted by atomic mass is 10.1. The Morgan fingerprint density at radius 2 is 2.33 bits per heavy atom. The van der Waals surface area contributed by atoms with Crippen LogP contribution >= 0.6 is 0 Å². The van der Waals surface area contributed by atoms with E-state index in [4.69, 9.17) is 5.26 Å². The molecule has 0 aliphatic carbocycles. The zero-order valence-electron chi connectivity index (χ0n) is 12.4. The zero-order valence-corrected chi connectivity index (χ0v) is 12.4. The van der Waals surface area contributed by atoms with Crippen LogP contribution in [-0.4, -0.2) is 35.5 Å². The van der Waals surface area contributed by atoms with E-state index in [-0.39, 0.29) is 11.3 Å². The highest BCUT2D eigenvalue weighted by Crippen LogP contribution is 2.23. The first kappa shape index (κ1) is 15.3. The van der Waals surface area contributed by atoms with Crippen molar-refractivity contribution in [1.29, 1.82) is 5.26 Å². The third-order valence-corrected chi connectivity index (χ3v) is 3.96. The van der Waals surface area contributed by atoms with Gasteiger partial charge >= 0.3 is 0 Å². The molecule has 0 amide bonds. The Morgan fingerprint density at radius 3 is 2.90 bits per heavy atom. The van der Waals surface area contributed by atoms with Gasteiger partial charge < -0.3 is 10.2 Å². The predicted molar refractivity (Wildman–Crippen MR) is 81.1 cm³/mol. The number of rotatable bonds is 5. The first-order valence-corrected chi connectivity index (χ1v) is 7.17. The minimum atomic E-state index is -0.528. The summed E-state index contributed by atoms with van der Waals surface area (Å²) >= 11 is 0. The Morgan fingerprint density at radius 1 is 1.57 bits per heavy atom. The maximum atomic E-state index is 10.8. The highest BCUT2D eigenvalue weighted by molar-refractivity contribution is 5.58. The van der Waals surface area contributed by atoms with E-state index >= 15 is 0 Å². The summed E-state index contributed by atoms with van der Waals surface area (Å²) in [4.78, 5) is 12.7. The quantitative estimate of drug-likeness (QED) is 0.665. The molecule has 0 radical (unpaired) electrons. The summed E-state index contributed by atoms with van der Waals surface area (Å²) in [5.41, 5.74) is 0.718. The van der Waals surface area contributed by atoms with Gasteiger partial charge in [0.2, 0.25) is 0 Å². The molecule has 0 bridgehead atoms. The minimum absolute atomic E-state index is 0.0974. The second-order valence-corrected chi connectivity index (χ2v) is 5.73. The number of nitrogens with one attached hydrogen (secondary N) is 1. The monoisotopic (exact) mass is 288 g/mol. The molecule has 1 heterocycles. The lowest BCUT2D eigenvalue weighted by molar-refractivity contribution is -0.385. The first-order valence-electron chi connectivity index (χ1n) is 7.17. The largest absolute Gasteiger partial charge is 0.385 e. The number of nitro benzene ring substituents is 1. The maximum Gasteiger partial charge on any atom is 0.287 e. The maximum absolute atomic E-state index is 10.8. The van der Waals surface area contributed by atoms with E-state index in [0.717, 1.165) is 31.7 Å². The van der Waals surface area contributed by atoms with E-state index in [1.807, 2.05) is 6.07 Å². The number of hydrogen-bond acceptors (Lipinski definition) is 5. The van der Waals surface area contributed by atoms with Gasteiger partial charge in [-0.05, 0) is 44.9 Å². The summed E-state index contributed by atoms with van der Waals surface area (Å²) in [7, 11) is 0. The molecule has 112 valence electrons. The van der Waals surface area contributed by atoms with Crippen LogP contribution in [-0.2, 0) is 0 Å². The van der Waals surface area contributed by atoms with Crippen LogP contribution < -0.4 is 5.32 Å². The van der Waals surface area contributed by atoms with Gasteiger partial charge in [-0.1, -0.05) is 0 Å². The Labute approximate surface area is 124 Å². The summed E-state index contributed by atoms with van der Waals surface area (Å²) < 4.78 is 0. The summed E-state index contributed by atoms with van der Waals surface area (Å²) in [6.45, 7) is 7.42. The summed E-state index contributed by atoms with van der Waals surface area (Å²) in [6, 6.07) is 7.04. The molecule has 1 unspecified atom stereocenters. The Bertz CT molecular complexity index is 565. The van der Waals surface area contributed by atoms with Gasteiger partial charge in [-0.3, -0.25) is 10.1 Å². The van der Waals surface area contributed by atoms with E-state index < -0.39 is 4.92 Å². The molecule has 1 atom stereocenters. The van der Waals surface area contributed by atoms with Crippen LogP contribution in [0.4, 0.5) is 11.4 Å². The molecule has 21 heavy (non-hydrogen) atoms. The van der Waals surface area contributed by atoms with Crippen molar-refractivity contribution in [2.24, 2.45) is 5.92 Å². The van der Waals surface area contributed by atoms with Crippen LogP contribution in [0.15, 0.2) is 18.2 Å². The molecule has 1 aliphatic heterocycles. The number of likely N-dealkylation sites (tertiary alicyclic amines) is 1. The Balaban J connectivity index is 1.96. The standard InChI is InChI=1S/C15H20N4O2/c1-11(2)18-6-5-12(10-18)9-17-14-3-4-15(19(20)21)13(7-14)8-16/h3-4,7,11-12,17H,5-6,9-10H2,1-2H3. The SMILES string of the molecule is CC(C)N1CCC(CNc2ccc([N+](=O)[O-])c(C#N)c2)C1. The fourth-order valence-corrected chi connectivity index (χ4v) is 2.66. The predicted octanol–water partition coefficient (Wildman–Crippen LogP) is 2.61. The molecule has 0 saturated carbocycles. The van der Waals surface area contributed by atoms with Gasteiger partial charge in [-0.25, -0.2) is 0 Å². The number of benzene rings is 1. The van der Waals surface area contributed by atoms with Crippen molar-refractivity contribution in [2.45, 2.75) is 26.3 Å². The van der Waals surface area contributed by atoms with Gasteiger partial charge in [0.1, 0.15) is 11.6 Å². The van der Waals surface area contributed by atoms with Crippen molar-refractivity contribution in [3.63, 3.8) is 0 Å². The molecular formula is C15H20N4O2. The number of nitriles is 1. The van der Waals surface area contributed by atoms with Crippen molar-refractivity contribution < 1.29 is 4.92 Å². The van der Waals surface area contributed by atoms with Gasteiger partial charge in [-0.2, -0.15) is 5.26 Å². The normalized spacial score (nSPS) is 18.7. The van der Waals surface area contributed by atoms with Crippen molar-refractivity contribution >= 4 is 11.4 Å². The van der Waals surface area contributed by atoms with Crippen molar-refractivity contribution in [1.82, 2.24) is 4.90 Å². The van der Waals surface area contributed by atoms with Gasteiger partial charge in [0, 0.05) is 30.9 Å². The molecule has 2 rings (SSSR count). The van der Waals surface area contributed by atoms with Crippen LogP contribution in [0, 0.1) is 27.4 Å². The Kier molecular flexibility index (Phi) is 4.76. The van der Waals surface area contributed by atoms with Gasteiger partial charge in [0.15, 0.2) is 0 Å². The van der Waals surface area contributed by atoms with E-state index in [1.165, 1.54) is 6.07 Å². The fourth-order valence-electron chi connectivity index (χ4n) is 2.66. The molecule has 1 aromatic rings. The highest BCUT2D eigenvalue weighted by Gasteiger charge is 2.24. The summed E-state index contributed by atoms with van der Waals surface area (Å²) in [5.74, 6) is 0.577. The average Bonchev–Trinajstić information content (AvgIpc) is 2.93. The molecule has 0 aromatic heterocycles. The van der Waals surface area contributed by atoms with Crippen molar-refractivity contribution in [3.8, 4) is 6.07 Å². The van der Waals surface area contributed by atoms with Gasteiger partial charge in [-0.15, -0.1) is 0 Å². The first-order chi connectivity index (χ1) is 10.0. The minimum Gasteiger partial charge on any atom is -0.385 e. The fraction of sp³-hybridized carbons (Fsp3) is 0.533. The summed E-state index contributed by atoms with van der Waals surface area (Å²) in [5, 5.41) is 23.1. The lowest BCUT2D eigenvalue weighted by Gasteiger charge is -2.20. The number of anilines is 1. The van der Waals surface area contributed by atoms with E-state index in [9.17, 15) is 10.1 Å². The smallest absolute Gasteiger partial charge is 0.287 e. The molecule has 6 heteroatoms. The topological polar surface area (TPSA) is 82.2 Å². The van der Waals surface area contributed by atoms with Crippen LogP contribution in [0.25, 0.3) is 0 Å². The average molecular weight is 288 g/mol. The molecule has 1 aromatic carbocycles. The molecule has 1 aliphatic rings. The van der Waals surface area contributed by atoms with Crippen LogP contribution in [0.5, 0.6) is 0 Å². The molecule has 0 spiro atoms. The van der Waals surface area contributed by atoms with E-state index in [1.54, 1.807) is 12.1 Å². The highest BCUT2D eigenvalue weighted by atomic mass is 16.6. The number of nitro groups is 1. The second kappa shape index (κ2) is 6.55. The zero-order chi connectivity index (χ0) is 15.4. The van der Waals surface area contributed by atoms with Crippen molar-refractivity contribution in [3.05, 3.63) is 33.9 Å². The van der Waals surface area contributed by atoms with Crippen LogP contribution in [0.1, 0.15) is 25.8 Å². The summed E-state index contributed by atoms with van der Waals surface area (Å²) in [6.07, 6.45) is 1.16. The second-order valence-electron chi connectivity index (χ2n) is 5.73. The molecule has 6 nitrogen and oxygen atoms in total.